The fraction of sp³-hybridized carbons (Fsp3) is 0.125. The van der Waals surface area contributed by atoms with Crippen LogP contribution >= 0.6 is 39.1 Å². The number of nitrogens with zero attached hydrogens (tertiary/aromatic N) is 1. The summed E-state index contributed by atoms with van der Waals surface area (Å²) in [5, 5.41) is 6.55. The van der Waals surface area contributed by atoms with E-state index in [0.717, 1.165) is 5.56 Å². The van der Waals surface area contributed by atoms with Gasteiger partial charge in [-0.2, -0.15) is 5.10 Å². The molecule has 11 heteroatoms. The molecule has 2 amide bonds. The van der Waals surface area contributed by atoms with Gasteiger partial charge in [-0.3, -0.25) is 9.59 Å². The van der Waals surface area contributed by atoms with Crippen LogP contribution in [-0.4, -0.2) is 24.6 Å². The first-order valence-electron chi connectivity index (χ1n) is 10.2. The number of hydrazone groups is 1. The quantitative estimate of drug-likeness (QED) is 0.195. The molecular weight excluding hydrogens is 564 g/mol. The normalized spacial score (nSPS) is 10.8. The molecule has 0 heterocycles. The van der Waals surface area contributed by atoms with Gasteiger partial charge in [0, 0.05) is 0 Å². The van der Waals surface area contributed by atoms with Crippen molar-refractivity contribution in [3.63, 3.8) is 0 Å². The molecule has 35 heavy (non-hydrogen) atoms. The molecule has 0 unspecified atom stereocenters. The Bertz CT molecular complexity index is 1260. The molecule has 3 rings (SSSR count). The maximum absolute atomic E-state index is 13.1. The molecule has 0 saturated carbocycles. The van der Waals surface area contributed by atoms with Gasteiger partial charge in [0.1, 0.15) is 12.4 Å². The number of ether oxygens (including phenoxy) is 2. The monoisotopic (exact) mass is 581 g/mol. The van der Waals surface area contributed by atoms with E-state index in [1.54, 1.807) is 36.4 Å². The SMILES string of the molecule is CCOc1cc(C=NNC(=O)C(=O)Nc2cccc(Cl)c2Cl)cc(Br)c1OCc1ccc(F)cc1. The average Bonchev–Trinajstić information content (AvgIpc) is 2.82. The number of nitrogens with one attached hydrogen (secondary N) is 2. The van der Waals surface area contributed by atoms with Crippen molar-refractivity contribution in [1.29, 1.82) is 0 Å². The van der Waals surface area contributed by atoms with Crippen LogP contribution in [0, 0.1) is 5.82 Å². The van der Waals surface area contributed by atoms with Crippen LogP contribution in [0.2, 0.25) is 10.0 Å². The molecule has 3 aromatic carbocycles. The number of hydrogen-bond acceptors (Lipinski definition) is 5. The van der Waals surface area contributed by atoms with Crippen molar-refractivity contribution >= 4 is 62.8 Å². The summed E-state index contributed by atoms with van der Waals surface area (Å²) < 4.78 is 25.2. The van der Waals surface area contributed by atoms with E-state index >= 15 is 0 Å². The Morgan fingerprint density at radius 2 is 1.83 bits per heavy atom. The van der Waals surface area contributed by atoms with Crippen LogP contribution in [0.3, 0.4) is 0 Å². The highest BCUT2D eigenvalue weighted by Crippen LogP contribution is 2.37. The summed E-state index contributed by atoms with van der Waals surface area (Å²) >= 11 is 15.4. The van der Waals surface area contributed by atoms with E-state index in [2.05, 4.69) is 31.8 Å². The minimum absolute atomic E-state index is 0.119. The Morgan fingerprint density at radius 1 is 1.09 bits per heavy atom. The third kappa shape index (κ3) is 7.42. The number of amides is 2. The second kappa shape index (κ2) is 12.5. The molecule has 3 aromatic rings. The van der Waals surface area contributed by atoms with E-state index in [1.807, 2.05) is 6.92 Å². The lowest BCUT2D eigenvalue weighted by Gasteiger charge is -2.14. The average molecular weight is 583 g/mol. The summed E-state index contributed by atoms with van der Waals surface area (Å²) in [5.41, 5.74) is 3.69. The number of carbonyl (C=O) groups is 2. The van der Waals surface area contributed by atoms with Crippen LogP contribution < -0.4 is 20.2 Å². The summed E-state index contributed by atoms with van der Waals surface area (Å²) in [5.74, 6) is -1.40. The lowest BCUT2D eigenvalue weighted by Crippen LogP contribution is -2.32. The molecule has 0 fully saturated rings. The van der Waals surface area contributed by atoms with Crippen molar-refractivity contribution in [2.24, 2.45) is 5.10 Å². The molecule has 0 aliphatic carbocycles. The fourth-order valence-electron chi connectivity index (χ4n) is 2.80. The second-order valence-electron chi connectivity index (χ2n) is 6.93. The second-order valence-corrected chi connectivity index (χ2v) is 8.57. The number of halogens is 4. The van der Waals surface area contributed by atoms with Gasteiger partial charge in [-0.05, 0) is 70.4 Å². The summed E-state index contributed by atoms with van der Waals surface area (Å²) in [6.45, 7) is 2.40. The molecule has 0 bridgehead atoms. The number of rotatable bonds is 8. The van der Waals surface area contributed by atoms with E-state index in [-0.39, 0.29) is 28.2 Å². The van der Waals surface area contributed by atoms with Gasteiger partial charge < -0.3 is 14.8 Å². The van der Waals surface area contributed by atoms with E-state index in [4.69, 9.17) is 32.7 Å². The van der Waals surface area contributed by atoms with Crippen molar-refractivity contribution in [3.8, 4) is 11.5 Å². The minimum Gasteiger partial charge on any atom is -0.490 e. The van der Waals surface area contributed by atoms with Crippen molar-refractivity contribution in [2.75, 3.05) is 11.9 Å². The van der Waals surface area contributed by atoms with Crippen molar-refractivity contribution in [1.82, 2.24) is 5.43 Å². The first-order chi connectivity index (χ1) is 16.8. The lowest BCUT2D eigenvalue weighted by atomic mass is 10.2. The molecule has 0 aromatic heterocycles. The lowest BCUT2D eigenvalue weighted by molar-refractivity contribution is -0.136. The minimum atomic E-state index is -0.999. The van der Waals surface area contributed by atoms with Crippen LogP contribution in [-0.2, 0) is 16.2 Å². The maximum atomic E-state index is 13.1. The molecule has 0 saturated heterocycles. The third-order valence-electron chi connectivity index (χ3n) is 4.41. The molecule has 0 atom stereocenters. The van der Waals surface area contributed by atoms with Crippen molar-refractivity contribution in [3.05, 3.63) is 86.1 Å². The largest absolute Gasteiger partial charge is 0.490 e. The highest BCUT2D eigenvalue weighted by Gasteiger charge is 2.16. The first kappa shape index (κ1) is 26.5. The topological polar surface area (TPSA) is 89.0 Å². The standard InChI is InChI=1S/C24H19BrCl2FN3O4/c1-2-34-20-11-15(10-17(25)22(20)35-13-14-6-8-16(28)9-7-14)12-29-31-24(33)23(32)30-19-5-3-4-18(26)21(19)27/h3-12H,2,13H2,1H3,(H,30,32)(H,31,33). The van der Waals surface area contributed by atoms with Gasteiger partial charge in [-0.15, -0.1) is 0 Å². The zero-order valence-electron chi connectivity index (χ0n) is 18.3. The van der Waals surface area contributed by atoms with Gasteiger partial charge in [0.15, 0.2) is 11.5 Å². The summed E-state index contributed by atoms with van der Waals surface area (Å²) in [4.78, 5) is 24.2. The smallest absolute Gasteiger partial charge is 0.329 e. The molecule has 0 aliphatic rings. The molecule has 0 aliphatic heterocycles. The van der Waals surface area contributed by atoms with Gasteiger partial charge in [-0.25, -0.2) is 9.82 Å². The van der Waals surface area contributed by atoms with Gasteiger partial charge in [0.05, 0.1) is 33.0 Å². The van der Waals surface area contributed by atoms with Crippen LogP contribution in [0.25, 0.3) is 0 Å². The Hall–Kier alpha value is -3.14. The number of anilines is 1. The predicted molar refractivity (Wildman–Crippen MR) is 137 cm³/mol. The Morgan fingerprint density at radius 3 is 2.54 bits per heavy atom. The van der Waals surface area contributed by atoms with Crippen molar-refractivity contribution < 1.29 is 23.5 Å². The molecule has 0 radical (unpaired) electrons. The van der Waals surface area contributed by atoms with Crippen LogP contribution in [0.1, 0.15) is 18.1 Å². The van der Waals surface area contributed by atoms with Gasteiger partial charge in [-0.1, -0.05) is 41.4 Å². The van der Waals surface area contributed by atoms with E-state index < -0.39 is 11.8 Å². The van der Waals surface area contributed by atoms with Crippen LogP contribution in [0.5, 0.6) is 11.5 Å². The molecule has 2 N–H and O–H groups in total. The Labute approximate surface area is 219 Å². The van der Waals surface area contributed by atoms with Gasteiger partial charge >= 0.3 is 11.8 Å². The van der Waals surface area contributed by atoms with Gasteiger partial charge in [0.2, 0.25) is 0 Å². The summed E-state index contributed by atoms with van der Waals surface area (Å²) in [7, 11) is 0. The summed E-state index contributed by atoms with van der Waals surface area (Å²) in [6.07, 6.45) is 1.34. The fourth-order valence-corrected chi connectivity index (χ4v) is 3.72. The van der Waals surface area contributed by atoms with Crippen LogP contribution in [0.15, 0.2) is 64.2 Å². The first-order valence-corrected chi connectivity index (χ1v) is 11.7. The zero-order valence-corrected chi connectivity index (χ0v) is 21.4. The molecule has 0 spiro atoms. The summed E-state index contributed by atoms with van der Waals surface area (Å²) in [6, 6.07) is 14.0. The number of hydrogen-bond donors (Lipinski definition) is 2. The molecule has 7 nitrogen and oxygen atoms in total. The highest BCUT2D eigenvalue weighted by atomic mass is 79.9. The van der Waals surface area contributed by atoms with E-state index in [9.17, 15) is 14.0 Å². The maximum Gasteiger partial charge on any atom is 0.329 e. The molecular formula is C24H19BrCl2FN3O4. The van der Waals surface area contributed by atoms with E-state index in [1.165, 1.54) is 24.4 Å². The zero-order chi connectivity index (χ0) is 25.4. The van der Waals surface area contributed by atoms with Crippen LogP contribution in [0.4, 0.5) is 10.1 Å². The molecule has 182 valence electrons. The third-order valence-corrected chi connectivity index (χ3v) is 5.82. The number of carbonyl (C=O) groups excluding carboxylic acids is 2. The highest BCUT2D eigenvalue weighted by molar-refractivity contribution is 9.10. The Balaban J connectivity index is 1.66. The van der Waals surface area contributed by atoms with Gasteiger partial charge in [0.25, 0.3) is 0 Å². The van der Waals surface area contributed by atoms with E-state index in [0.29, 0.717) is 28.1 Å². The Kier molecular flexibility index (Phi) is 9.47. The predicted octanol–water partition coefficient (Wildman–Crippen LogP) is 5.96. The number of benzene rings is 3. The van der Waals surface area contributed by atoms with Crippen molar-refractivity contribution in [2.45, 2.75) is 13.5 Å².